The second kappa shape index (κ2) is 6.63. The quantitative estimate of drug-likeness (QED) is 0.328. The number of rotatable bonds is 4. The first-order valence-electron chi connectivity index (χ1n) is 6.98. The summed E-state index contributed by atoms with van der Waals surface area (Å²) < 4.78 is 55.0. The zero-order chi connectivity index (χ0) is 18.1. The predicted molar refractivity (Wildman–Crippen MR) is 86.2 cm³/mol. The van der Waals surface area contributed by atoms with Crippen LogP contribution in [0, 0.1) is 37.4 Å². The third-order valence-electron chi connectivity index (χ3n) is 3.46. The van der Waals surface area contributed by atoms with Crippen molar-refractivity contribution < 1.29 is 17.6 Å². The summed E-state index contributed by atoms with van der Waals surface area (Å²) in [6.07, 6.45) is 2.97. The Morgan fingerprint density at radius 2 is 1.84 bits per heavy atom. The molecule has 130 valence electrons. The van der Waals surface area contributed by atoms with Crippen molar-refractivity contribution >= 4 is 23.2 Å². The molecule has 25 heavy (non-hydrogen) atoms. The lowest BCUT2D eigenvalue weighted by Crippen LogP contribution is -2.06. The molecule has 0 radical (unpaired) electrons. The fraction of sp³-hybridized carbons (Fsp3) is 0.133. The molecule has 0 spiro atoms. The van der Waals surface area contributed by atoms with E-state index in [1.807, 2.05) is 29.2 Å². The summed E-state index contributed by atoms with van der Waals surface area (Å²) in [4.78, 5) is 6.70. The van der Waals surface area contributed by atoms with Crippen molar-refractivity contribution in [1.82, 2.24) is 14.5 Å². The van der Waals surface area contributed by atoms with Crippen LogP contribution in [0.3, 0.4) is 0 Å². The first kappa shape index (κ1) is 17.1. The molecule has 0 aliphatic rings. The number of hydrogen-bond donors (Lipinski definition) is 1. The molecule has 3 rings (SSSR count). The number of hydrazone groups is 1. The normalized spacial score (nSPS) is 11.4. The predicted octanol–water partition coefficient (Wildman–Crippen LogP) is 3.95. The smallest absolute Gasteiger partial charge is 0.254 e. The minimum Gasteiger partial charge on any atom is -0.294 e. The number of aryl methyl sites for hydroxylation is 1. The summed E-state index contributed by atoms with van der Waals surface area (Å²) in [6.45, 7) is 3.69. The molecular weight excluding hydrogens is 358 g/mol. The summed E-state index contributed by atoms with van der Waals surface area (Å²) in [7, 11) is 0. The molecule has 5 nitrogen and oxygen atoms in total. The minimum absolute atomic E-state index is 0.649. The second-order valence-corrected chi connectivity index (χ2v) is 5.92. The van der Waals surface area contributed by atoms with Gasteiger partial charge in [0.15, 0.2) is 5.13 Å². The summed E-state index contributed by atoms with van der Waals surface area (Å²) in [5.41, 5.74) is 3.26. The maximum Gasteiger partial charge on any atom is 0.254 e. The van der Waals surface area contributed by atoms with Gasteiger partial charge in [-0.2, -0.15) is 27.6 Å². The molecule has 3 aromatic heterocycles. The van der Waals surface area contributed by atoms with Gasteiger partial charge in [0.25, 0.3) is 11.9 Å². The Bertz CT molecular complexity index is 923. The van der Waals surface area contributed by atoms with E-state index in [0.717, 1.165) is 16.5 Å². The van der Waals surface area contributed by atoms with Crippen LogP contribution < -0.4 is 5.43 Å². The Morgan fingerprint density at radius 3 is 2.44 bits per heavy atom. The Morgan fingerprint density at radius 1 is 1.16 bits per heavy atom. The van der Waals surface area contributed by atoms with E-state index in [2.05, 4.69) is 15.1 Å². The van der Waals surface area contributed by atoms with E-state index in [0.29, 0.717) is 5.56 Å². The van der Waals surface area contributed by atoms with Crippen LogP contribution in [0.1, 0.15) is 17.0 Å². The fourth-order valence-corrected chi connectivity index (χ4v) is 3.04. The maximum absolute atomic E-state index is 13.5. The molecule has 1 N–H and O–H groups in total. The third-order valence-corrected chi connectivity index (χ3v) is 4.21. The van der Waals surface area contributed by atoms with Gasteiger partial charge in [0, 0.05) is 28.5 Å². The van der Waals surface area contributed by atoms with Crippen LogP contribution in [0.5, 0.6) is 0 Å². The number of pyridine rings is 1. The van der Waals surface area contributed by atoms with Crippen LogP contribution in [-0.2, 0) is 0 Å². The van der Waals surface area contributed by atoms with Gasteiger partial charge in [-0.15, -0.1) is 11.3 Å². The highest BCUT2D eigenvalue weighted by Crippen LogP contribution is 2.23. The number of nitrogens with one attached hydrogen (secondary N) is 1. The van der Waals surface area contributed by atoms with E-state index in [4.69, 9.17) is 0 Å². The lowest BCUT2D eigenvalue weighted by molar-refractivity contribution is 0.411. The minimum atomic E-state index is -1.75. The van der Waals surface area contributed by atoms with E-state index in [1.54, 1.807) is 12.3 Å². The van der Waals surface area contributed by atoms with Crippen molar-refractivity contribution in [2.24, 2.45) is 5.10 Å². The zero-order valence-electron chi connectivity index (χ0n) is 13.0. The van der Waals surface area contributed by atoms with Gasteiger partial charge in [-0.25, -0.2) is 4.98 Å². The van der Waals surface area contributed by atoms with Crippen LogP contribution >= 0.6 is 11.3 Å². The molecule has 0 unspecified atom stereocenters. The van der Waals surface area contributed by atoms with Crippen molar-refractivity contribution in [3.63, 3.8) is 0 Å². The van der Waals surface area contributed by atoms with Gasteiger partial charge in [0.05, 0.1) is 6.21 Å². The van der Waals surface area contributed by atoms with Gasteiger partial charge in [0.2, 0.25) is 11.6 Å². The molecule has 0 bridgehead atoms. The van der Waals surface area contributed by atoms with Crippen LogP contribution in [0.4, 0.5) is 23.2 Å². The highest BCUT2D eigenvalue weighted by molar-refractivity contribution is 7.12. The van der Waals surface area contributed by atoms with Crippen molar-refractivity contribution in [1.29, 1.82) is 0 Å². The highest BCUT2D eigenvalue weighted by Gasteiger charge is 2.20. The zero-order valence-corrected chi connectivity index (χ0v) is 13.8. The van der Waals surface area contributed by atoms with Gasteiger partial charge in [-0.1, -0.05) is 0 Å². The molecule has 3 aromatic rings. The standard InChI is InChI=1S/C15H11F4N5S/c1-7-5-9(8(2)24(7)15-20-3-4-25-15)6-21-23-12-10(16)13(18)22-14(19)11(12)17/h3-6H,1-2H3,(H,22,23)/b21-6-. The SMILES string of the molecule is Cc1cc(/C=N\Nc2c(F)c(F)nc(F)c2F)c(C)n1-c1nccs1. The van der Waals surface area contributed by atoms with Crippen LogP contribution in [0.2, 0.25) is 0 Å². The molecule has 0 atom stereocenters. The molecule has 0 amide bonds. The van der Waals surface area contributed by atoms with Gasteiger partial charge >= 0.3 is 0 Å². The van der Waals surface area contributed by atoms with Crippen LogP contribution in [0.25, 0.3) is 5.13 Å². The van der Waals surface area contributed by atoms with E-state index >= 15 is 0 Å². The number of halogens is 4. The monoisotopic (exact) mass is 369 g/mol. The summed E-state index contributed by atoms with van der Waals surface area (Å²) >= 11 is 1.45. The topological polar surface area (TPSA) is 55.1 Å². The Kier molecular flexibility index (Phi) is 4.53. The van der Waals surface area contributed by atoms with E-state index in [-0.39, 0.29) is 0 Å². The lowest BCUT2D eigenvalue weighted by Gasteiger charge is -2.05. The average molecular weight is 369 g/mol. The number of thiazole rings is 1. The average Bonchev–Trinajstić information content (AvgIpc) is 3.17. The van der Waals surface area contributed by atoms with E-state index < -0.39 is 29.2 Å². The molecule has 10 heteroatoms. The van der Waals surface area contributed by atoms with Crippen molar-refractivity contribution in [3.8, 4) is 5.13 Å². The van der Waals surface area contributed by atoms with Crippen LogP contribution in [0.15, 0.2) is 22.7 Å². The summed E-state index contributed by atoms with van der Waals surface area (Å²) in [5.74, 6) is -6.80. The van der Waals surface area contributed by atoms with Gasteiger partial charge < -0.3 is 0 Å². The molecule has 3 heterocycles. The summed E-state index contributed by atoms with van der Waals surface area (Å²) in [5, 5.41) is 6.26. The third kappa shape index (κ3) is 3.12. The number of aromatic nitrogens is 3. The van der Waals surface area contributed by atoms with Gasteiger partial charge in [0.1, 0.15) is 5.69 Å². The van der Waals surface area contributed by atoms with Crippen molar-refractivity contribution in [2.75, 3.05) is 5.43 Å². The first-order chi connectivity index (χ1) is 11.9. The fourth-order valence-electron chi connectivity index (χ4n) is 2.29. The van der Waals surface area contributed by atoms with Gasteiger partial charge in [-0.3, -0.25) is 9.99 Å². The van der Waals surface area contributed by atoms with Crippen LogP contribution in [-0.4, -0.2) is 20.7 Å². The molecule has 0 saturated heterocycles. The molecule has 0 fully saturated rings. The van der Waals surface area contributed by atoms with E-state index in [9.17, 15) is 17.6 Å². The molecule has 0 aromatic carbocycles. The maximum atomic E-state index is 13.5. The first-order valence-corrected chi connectivity index (χ1v) is 7.86. The highest BCUT2D eigenvalue weighted by atomic mass is 32.1. The van der Waals surface area contributed by atoms with Crippen molar-refractivity contribution in [2.45, 2.75) is 13.8 Å². The van der Waals surface area contributed by atoms with Crippen molar-refractivity contribution in [3.05, 3.63) is 58.1 Å². The number of anilines is 1. The Hall–Kier alpha value is -2.75. The molecule has 0 aliphatic carbocycles. The summed E-state index contributed by atoms with van der Waals surface area (Å²) in [6, 6.07) is 1.79. The Balaban J connectivity index is 1.89. The molecule has 0 saturated carbocycles. The molecular formula is C15H11F4N5S. The number of hydrogen-bond acceptors (Lipinski definition) is 5. The lowest BCUT2D eigenvalue weighted by atomic mass is 10.3. The van der Waals surface area contributed by atoms with E-state index in [1.165, 1.54) is 17.6 Å². The molecule has 0 aliphatic heterocycles. The van der Waals surface area contributed by atoms with Gasteiger partial charge in [-0.05, 0) is 19.9 Å². The largest absolute Gasteiger partial charge is 0.294 e. The Labute approximate surface area is 143 Å². The second-order valence-electron chi connectivity index (χ2n) is 5.04. The number of nitrogens with zero attached hydrogens (tertiary/aromatic N) is 4.